The average molecular weight is 388 g/mol. The van der Waals surface area contributed by atoms with Gasteiger partial charge in [-0.2, -0.15) is 0 Å². The van der Waals surface area contributed by atoms with E-state index in [1.807, 2.05) is 30.3 Å². The van der Waals surface area contributed by atoms with Crippen molar-refractivity contribution in [3.8, 4) is 0 Å². The number of hydrogen-bond acceptors (Lipinski definition) is 4. The number of ether oxygens (including phenoxy) is 1. The van der Waals surface area contributed by atoms with Gasteiger partial charge in [-0.25, -0.2) is 4.79 Å². The molecule has 0 atom stereocenters. The maximum atomic E-state index is 12.6. The quantitative estimate of drug-likeness (QED) is 0.631. The molecular weight excluding hydrogens is 368 g/mol. The Kier molecular flexibility index (Phi) is 6.37. The van der Waals surface area contributed by atoms with Crippen molar-refractivity contribution in [2.75, 3.05) is 12.4 Å². The monoisotopic (exact) mass is 388 g/mol. The molecule has 0 bridgehead atoms. The normalized spacial score (nSPS) is 10.1. The largest absolute Gasteiger partial charge is 0.465 e. The van der Waals surface area contributed by atoms with E-state index in [4.69, 9.17) is 4.74 Å². The Balaban J connectivity index is 1.71. The van der Waals surface area contributed by atoms with Gasteiger partial charge in [-0.1, -0.05) is 48.5 Å². The molecule has 0 spiro atoms. The van der Waals surface area contributed by atoms with Gasteiger partial charge in [0.2, 0.25) is 0 Å². The van der Waals surface area contributed by atoms with Crippen LogP contribution >= 0.6 is 0 Å². The fraction of sp³-hybridized carbons (Fsp3) is 0.0870. The van der Waals surface area contributed by atoms with Crippen LogP contribution in [-0.4, -0.2) is 24.9 Å². The van der Waals surface area contributed by atoms with Crippen LogP contribution in [0.25, 0.3) is 0 Å². The molecule has 29 heavy (non-hydrogen) atoms. The molecule has 2 N–H and O–H groups in total. The molecule has 0 aliphatic rings. The minimum absolute atomic E-state index is 0.250. The molecule has 0 aromatic heterocycles. The minimum Gasteiger partial charge on any atom is -0.465 e. The fourth-order valence-electron chi connectivity index (χ4n) is 2.76. The first kappa shape index (κ1) is 19.8. The lowest BCUT2D eigenvalue weighted by Gasteiger charge is -2.10. The van der Waals surface area contributed by atoms with Crippen LogP contribution in [0, 0.1) is 0 Å². The molecule has 0 aliphatic carbocycles. The molecule has 3 aromatic carbocycles. The van der Waals surface area contributed by atoms with Gasteiger partial charge in [0.25, 0.3) is 11.8 Å². The molecule has 0 fully saturated rings. The molecule has 3 rings (SSSR count). The van der Waals surface area contributed by atoms with Crippen LogP contribution in [0.4, 0.5) is 5.69 Å². The third-order valence-electron chi connectivity index (χ3n) is 4.26. The number of benzene rings is 3. The van der Waals surface area contributed by atoms with Crippen LogP contribution in [0.1, 0.15) is 36.6 Å². The van der Waals surface area contributed by atoms with Crippen LogP contribution < -0.4 is 10.6 Å². The summed E-state index contributed by atoms with van der Waals surface area (Å²) in [6, 6.07) is 22.5. The van der Waals surface area contributed by atoms with Gasteiger partial charge in [-0.05, 0) is 35.9 Å². The molecule has 2 amide bonds. The smallest absolute Gasteiger partial charge is 0.339 e. The number of carbonyl (C=O) groups is 3. The molecule has 0 aliphatic heterocycles. The lowest BCUT2D eigenvalue weighted by molar-refractivity contribution is 0.0601. The summed E-state index contributed by atoms with van der Waals surface area (Å²) in [6.07, 6.45) is 0. The number of rotatable bonds is 6. The number of nitrogens with one attached hydrogen (secondary N) is 2. The second kappa shape index (κ2) is 9.32. The van der Waals surface area contributed by atoms with Crippen molar-refractivity contribution < 1.29 is 19.1 Å². The Morgan fingerprint density at radius 2 is 1.45 bits per heavy atom. The van der Waals surface area contributed by atoms with Crippen LogP contribution in [0.3, 0.4) is 0 Å². The first-order valence-corrected chi connectivity index (χ1v) is 8.99. The molecule has 0 unspecified atom stereocenters. The summed E-state index contributed by atoms with van der Waals surface area (Å²) < 4.78 is 4.73. The zero-order valence-corrected chi connectivity index (χ0v) is 15.8. The summed E-state index contributed by atoms with van der Waals surface area (Å²) in [5.74, 6) is -1.26. The highest BCUT2D eigenvalue weighted by Crippen LogP contribution is 2.17. The summed E-state index contributed by atoms with van der Waals surface area (Å²) in [4.78, 5) is 36.9. The lowest BCUT2D eigenvalue weighted by Crippen LogP contribution is -2.23. The van der Waals surface area contributed by atoms with Crippen molar-refractivity contribution in [3.05, 3.63) is 101 Å². The van der Waals surface area contributed by atoms with E-state index >= 15 is 0 Å². The Hall–Kier alpha value is -3.93. The topological polar surface area (TPSA) is 84.5 Å². The first-order chi connectivity index (χ1) is 14.1. The van der Waals surface area contributed by atoms with E-state index in [0.29, 0.717) is 23.4 Å². The van der Waals surface area contributed by atoms with Crippen LogP contribution in [0.15, 0.2) is 78.9 Å². The number of anilines is 1. The summed E-state index contributed by atoms with van der Waals surface area (Å²) in [5, 5.41) is 5.53. The first-order valence-electron chi connectivity index (χ1n) is 8.99. The number of carbonyl (C=O) groups excluding carboxylic acids is 3. The van der Waals surface area contributed by atoms with E-state index in [1.54, 1.807) is 42.5 Å². The molecule has 6 heteroatoms. The van der Waals surface area contributed by atoms with Crippen molar-refractivity contribution >= 4 is 23.5 Å². The predicted octanol–water partition coefficient (Wildman–Crippen LogP) is 3.66. The van der Waals surface area contributed by atoms with Gasteiger partial charge < -0.3 is 15.4 Å². The zero-order chi connectivity index (χ0) is 20.6. The molecule has 146 valence electrons. The van der Waals surface area contributed by atoms with Crippen molar-refractivity contribution in [2.24, 2.45) is 0 Å². The second-order valence-corrected chi connectivity index (χ2v) is 6.24. The highest BCUT2D eigenvalue weighted by atomic mass is 16.5. The summed E-state index contributed by atoms with van der Waals surface area (Å²) in [6.45, 7) is 0.391. The average Bonchev–Trinajstić information content (AvgIpc) is 2.78. The van der Waals surface area contributed by atoms with Crippen molar-refractivity contribution in [1.82, 2.24) is 5.32 Å². The zero-order valence-electron chi connectivity index (χ0n) is 15.8. The van der Waals surface area contributed by atoms with Gasteiger partial charge in [0.05, 0.1) is 18.4 Å². The fourth-order valence-corrected chi connectivity index (χ4v) is 2.76. The Bertz CT molecular complexity index is 1030. The van der Waals surface area contributed by atoms with E-state index in [9.17, 15) is 14.4 Å². The van der Waals surface area contributed by atoms with Crippen LogP contribution in [-0.2, 0) is 11.3 Å². The number of para-hydroxylation sites is 1. The van der Waals surface area contributed by atoms with Crippen LogP contribution in [0.2, 0.25) is 0 Å². The second-order valence-electron chi connectivity index (χ2n) is 6.24. The van der Waals surface area contributed by atoms with E-state index in [-0.39, 0.29) is 11.5 Å². The van der Waals surface area contributed by atoms with Crippen LogP contribution in [0.5, 0.6) is 0 Å². The molecular formula is C23H20N2O4. The van der Waals surface area contributed by atoms with Gasteiger partial charge in [0.15, 0.2) is 0 Å². The predicted molar refractivity (Wildman–Crippen MR) is 110 cm³/mol. The maximum Gasteiger partial charge on any atom is 0.339 e. The van der Waals surface area contributed by atoms with Gasteiger partial charge in [-0.3, -0.25) is 9.59 Å². The molecule has 0 saturated carbocycles. The SMILES string of the molecule is COC(=O)c1ccccc1NC(=O)c1cccc(C(=O)NCc2ccccc2)c1. The molecule has 0 radical (unpaired) electrons. The Labute approximate surface area is 168 Å². The molecule has 0 saturated heterocycles. The number of amides is 2. The van der Waals surface area contributed by atoms with E-state index in [0.717, 1.165) is 5.56 Å². The van der Waals surface area contributed by atoms with Gasteiger partial charge >= 0.3 is 5.97 Å². The lowest BCUT2D eigenvalue weighted by atomic mass is 10.1. The van der Waals surface area contributed by atoms with Crippen molar-refractivity contribution in [3.63, 3.8) is 0 Å². The standard InChI is InChI=1S/C23H20N2O4/c1-29-23(28)19-12-5-6-13-20(19)25-22(27)18-11-7-10-17(14-18)21(26)24-15-16-8-3-2-4-9-16/h2-14H,15H2,1H3,(H,24,26)(H,25,27). The highest BCUT2D eigenvalue weighted by Gasteiger charge is 2.15. The third kappa shape index (κ3) is 5.07. The van der Waals surface area contributed by atoms with Gasteiger partial charge in [-0.15, -0.1) is 0 Å². The Morgan fingerprint density at radius 3 is 2.17 bits per heavy atom. The van der Waals surface area contributed by atoms with E-state index < -0.39 is 11.9 Å². The van der Waals surface area contributed by atoms with Gasteiger partial charge in [0.1, 0.15) is 0 Å². The molecule has 6 nitrogen and oxygen atoms in total. The minimum atomic E-state index is -0.546. The summed E-state index contributed by atoms with van der Waals surface area (Å²) in [7, 11) is 1.28. The number of hydrogen-bond donors (Lipinski definition) is 2. The third-order valence-corrected chi connectivity index (χ3v) is 4.26. The molecule has 3 aromatic rings. The van der Waals surface area contributed by atoms with Crippen molar-refractivity contribution in [1.29, 1.82) is 0 Å². The number of esters is 1. The van der Waals surface area contributed by atoms with Gasteiger partial charge in [0, 0.05) is 17.7 Å². The summed E-state index contributed by atoms with van der Waals surface area (Å²) >= 11 is 0. The maximum absolute atomic E-state index is 12.6. The Morgan fingerprint density at radius 1 is 0.793 bits per heavy atom. The highest BCUT2D eigenvalue weighted by molar-refractivity contribution is 6.09. The molecule has 0 heterocycles. The van der Waals surface area contributed by atoms with E-state index in [2.05, 4.69) is 10.6 Å². The van der Waals surface area contributed by atoms with Crippen molar-refractivity contribution in [2.45, 2.75) is 6.54 Å². The van der Waals surface area contributed by atoms with E-state index in [1.165, 1.54) is 13.2 Å². The summed E-state index contributed by atoms with van der Waals surface area (Å²) in [5.41, 5.74) is 2.24. The number of methoxy groups -OCH3 is 1.